The first-order valence-electron chi connectivity index (χ1n) is 5.15. The van der Waals surface area contributed by atoms with Gasteiger partial charge >= 0.3 is 0 Å². The molecule has 0 fully saturated rings. The van der Waals surface area contributed by atoms with Crippen molar-refractivity contribution in [3.8, 4) is 0 Å². The van der Waals surface area contributed by atoms with Gasteiger partial charge in [-0.25, -0.2) is 0 Å². The van der Waals surface area contributed by atoms with Gasteiger partial charge in [-0.2, -0.15) is 0 Å². The maximum absolute atomic E-state index is 12.2. The summed E-state index contributed by atoms with van der Waals surface area (Å²) in [6.07, 6.45) is 2.62. The normalized spacial score (nSPS) is 24.7. The first-order chi connectivity index (χ1) is 7.24. The zero-order valence-electron chi connectivity index (χ0n) is 8.77. The minimum Gasteiger partial charge on any atom is -0.294 e. The van der Waals surface area contributed by atoms with E-state index in [1.807, 2.05) is 30.3 Å². The van der Waals surface area contributed by atoms with Gasteiger partial charge in [0.15, 0.2) is 5.78 Å². The molecule has 1 heterocycles. The maximum Gasteiger partial charge on any atom is 0.168 e. The van der Waals surface area contributed by atoms with Crippen molar-refractivity contribution in [1.82, 2.24) is 0 Å². The zero-order valence-corrected chi connectivity index (χ0v) is 9.59. The van der Waals surface area contributed by atoms with Gasteiger partial charge in [-0.05, 0) is 12.5 Å². The summed E-state index contributed by atoms with van der Waals surface area (Å²) in [5, 5.41) is 0.352. The highest BCUT2D eigenvalue weighted by atomic mass is 32.2. The van der Waals surface area contributed by atoms with E-state index in [1.54, 1.807) is 11.8 Å². The third-order valence-electron chi connectivity index (χ3n) is 2.79. The number of ketones is 1. The molecular formula is C13H14OS. The second kappa shape index (κ2) is 4.23. The molecule has 15 heavy (non-hydrogen) atoms. The Balaban J connectivity index is 2.38. The maximum atomic E-state index is 12.2. The summed E-state index contributed by atoms with van der Waals surface area (Å²) >= 11 is 1.80. The van der Waals surface area contributed by atoms with Gasteiger partial charge in [0.05, 0.1) is 0 Å². The fourth-order valence-electron chi connectivity index (χ4n) is 1.95. The molecule has 0 aliphatic carbocycles. The standard InChI is InChI=1S/C13H14OS/c1-3-6-10-9(2)15-12-8-5-4-7-11(12)13(10)14/h3-5,7-10H,1,6H2,2H3. The Morgan fingerprint density at radius 1 is 1.47 bits per heavy atom. The van der Waals surface area contributed by atoms with Crippen LogP contribution in [0.2, 0.25) is 0 Å². The number of hydrogen-bond acceptors (Lipinski definition) is 2. The highest BCUT2D eigenvalue weighted by Gasteiger charge is 2.32. The smallest absolute Gasteiger partial charge is 0.168 e. The number of thioether (sulfide) groups is 1. The molecule has 2 heteroatoms. The Hall–Kier alpha value is -1.02. The van der Waals surface area contributed by atoms with Gasteiger partial charge in [0, 0.05) is 21.6 Å². The van der Waals surface area contributed by atoms with Gasteiger partial charge in [-0.15, -0.1) is 18.3 Å². The largest absolute Gasteiger partial charge is 0.294 e. The molecule has 0 N–H and O–H groups in total. The molecule has 2 rings (SSSR count). The minimum absolute atomic E-state index is 0.0994. The van der Waals surface area contributed by atoms with E-state index in [0.717, 1.165) is 16.9 Å². The van der Waals surface area contributed by atoms with E-state index >= 15 is 0 Å². The summed E-state index contributed by atoms with van der Waals surface area (Å²) in [4.78, 5) is 13.3. The molecule has 78 valence electrons. The number of benzene rings is 1. The third-order valence-corrected chi connectivity index (χ3v) is 4.10. The van der Waals surface area contributed by atoms with Gasteiger partial charge in [-0.3, -0.25) is 4.79 Å². The lowest BCUT2D eigenvalue weighted by Gasteiger charge is -2.27. The molecule has 0 radical (unpaired) electrons. The first kappa shape index (κ1) is 10.5. The average molecular weight is 218 g/mol. The number of carbonyl (C=O) groups is 1. The summed E-state index contributed by atoms with van der Waals surface area (Å²) in [5.41, 5.74) is 0.882. The molecule has 1 aliphatic heterocycles. The number of rotatable bonds is 2. The fraction of sp³-hybridized carbons (Fsp3) is 0.308. The van der Waals surface area contributed by atoms with Gasteiger partial charge in [0.2, 0.25) is 0 Å². The second-order valence-corrected chi connectivity index (χ2v) is 5.23. The van der Waals surface area contributed by atoms with Crippen LogP contribution in [0.1, 0.15) is 23.7 Å². The Morgan fingerprint density at radius 3 is 2.93 bits per heavy atom. The van der Waals surface area contributed by atoms with Gasteiger partial charge in [0.25, 0.3) is 0 Å². The summed E-state index contributed by atoms with van der Waals surface area (Å²) in [7, 11) is 0. The van der Waals surface area contributed by atoms with Crippen LogP contribution < -0.4 is 0 Å². The highest BCUT2D eigenvalue weighted by molar-refractivity contribution is 8.00. The summed E-state index contributed by atoms with van der Waals surface area (Å²) in [6.45, 7) is 5.84. The molecule has 0 saturated carbocycles. The SMILES string of the molecule is C=CCC1C(=O)c2ccccc2SC1C. The van der Waals surface area contributed by atoms with Crippen LogP contribution >= 0.6 is 11.8 Å². The van der Waals surface area contributed by atoms with Crippen LogP contribution in [0.15, 0.2) is 41.8 Å². The summed E-state index contributed by atoms with van der Waals surface area (Å²) < 4.78 is 0. The lowest BCUT2D eigenvalue weighted by Crippen LogP contribution is -2.28. The van der Waals surface area contributed by atoms with Crippen molar-refractivity contribution in [3.05, 3.63) is 42.5 Å². The molecule has 0 saturated heterocycles. The van der Waals surface area contributed by atoms with Crippen LogP contribution in [0.5, 0.6) is 0 Å². The minimum atomic E-state index is 0.0994. The third kappa shape index (κ3) is 1.86. The Bertz CT molecular complexity index is 397. The molecule has 1 aliphatic rings. The summed E-state index contributed by atoms with van der Waals surface area (Å²) in [6, 6.07) is 7.86. The van der Waals surface area contributed by atoms with E-state index < -0.39 is 0 Å². The fourth-order valence-corrected chi connectivity index (χ4v) is 3.20. The molecule has 2 atom stereocenters. The monoisotopic (exact) mass is 218 g/mol. The predicted molar refractivity (Wildman–Crippen MR) is 64.4 cm³/mol. The van der Waals surface area contributed by atoms with Crippen molar-refractivity contribution in [2.75, 3.05) is 0 Å². The second-order valence-electron chi connectivity index (χ2n) is 3.81. The Kier molecular flexibility index (Phi) is 2.96. The quantitative estimate of drug-likeness (QED) is 0.706. The number of Topliss-reactive ketones (excluding diaryl/α,β-unsaturated/α-hetero) is 1. The Morgan fingerprint density at radius 2 is 2.20 bits per heavy atom. The number of fused-ring (bicyclic) bond motifs is 1. The molecule has 0 spiro atoms. The number of carbonyl (C=O) groups excluding carboxylic acids is 1. The predicted octanol–water partition coefficient (Wildman–Crippen LogP) is 3.56. The molecule has 1 aromatic rings. The molecule has 1 nitrogen and oxygen atoms in total. The van der Waals surface area contributed by atoms with Gasteiger partial charge in [-0.1, -0.05) is 31.2 Å². The van der Waals surface area contributed by atoms with Gasteiger partial charge in [0.1, 0.15) is 0 Å². The van der Waals surface area contributed by atoms with E-state index in [4.69, 9.17) is 0 Å². The van der Waals surface area contributed by atoms with Crippen LogP contribution in [0.25, 0.3) is 0 Å². The topological polar surface area (TPSA) is 17.1 Å². The van der Waals surface area contributed by atoms with E-state index in [-0.39, 0.29) is 11.7 Å². The molecule has 2 unspecified atom stereocenters. The van der Waals surface area contributed by atoms with Crippen LogP contribution in [-0.2, 0) is 0 Å². The molecule has 0 bridgehead atoms. The van der Waals surface area contributed by atoms with E-state index in [1.165, 1.54) is 0 Å². The van der Waals surface area contributed by atoms with E-state index in [9.17, 15) is 4.79 Å². The van der Waals surface area contributed by atoms with E-state index in [2.05, 4.69) is 13.5 Å². The lowest BCUT2D eigenvalue weighted by atomic mass is 9.91. The van der Waals surface area contributed by atoms with E-state index in [0.29, 0.717) is 5.25 Å². The summed E-state index contributed by atoms with van der Waals surface area (Å²) in [5.74, 6) is 0.374. The van der Waals surface area contributed by atoms with Crippen LogP contribution in [0.3, 0.4) is 0 Å². The van der Waals surface area contributed by atoms with Crippen molar-refractivity contribution < 1.29 is 4.79 Å². The van der Waals surface area contributed by atoms with Crippen molar-refractivity contribution in [2.24, 2.45) is 5.92 Å². The Labute approximate surface area is 94.6 Å². The molecular weight excluding hydrogens is 204 g/mol. The number of hydrogen-bond donors (Lipinski definition) is 0. The van der Waals surface area contributed by atoms with Crippen LogP contribution in [0, 0.1) is 5.92 Å². The molecule has 0 amide bonds. The van der Waals surface area contributed by atoms with Crippen LogP contribution in [-0.4, -0.2) is 11.0 Å². The van der Waals surface area contributed by atoms with Crippen LogP contribution in [0.4, 0.5) is 0 Å². The van der Waals surface area contributed by atoms with Crippen molar-refractivity contribution in [1.29, 1.82) is 0 Å². The first-order valence-corrected chi connectivity index (χ1v) is 6.03. The van der Waals surface area contributed by atoms with Crippen molar-refractivity contribution in [3.63, 3.8) is 0 Å². The van der Waals surface area contributed by atoms with Gasteiger partial charge < -0.3 is 0 Å². The highest BCUT2D eigenvalue weighted by Crippen LogP contribution is 2.39. The lowest BCUT2D eigenvalue weighted by molar-refractivity contribution is 0.0914. The zero-order chi connectivity index (χ0) is 10.8. The molecule has 1 aromatic carbocycles. The number of allylic oxidation sites excluding steroid dienone is 1. The average Bonchev–Trinajstić information content (AvgIpc) is 2.24. The molecule has 0 aromatic heterocycles. The van der Waals surface area contributed by atoms with Crippen molar-refractivity contribution in [2.45, 2.75) is 23.5 Å². The van der Waals surface area contributed by atoms with Crippen molar-refractivity contribution >= 4 is 17.5 Å².